The van der Waals surface area contributed by atoms with Crippen molar-refractivity contribution in [2.75, 3.05) is 13.3 Å². The number of ether oxygens (including phenoxy) is 1. The Balaban J connectivity index is 2.78. The van der Waals surface area contributed by atoms with Crippen LogP contribution in [0.3, 0.4) is 0 Å². The average molecular weight is 372 g/mol. The summed E-state index contributed by atoms with van der Waals surface area (Å²) in [6, 6.07) is 0. The molecule has 1 unspecified atom stereocenters. The maximum Gasteiger partial charge on any atom is 0.473 e. The third kappa shape index (κ3) is 7.37. The molecule has 0 bridgehead atoms. The van der Waals surface area contributed by atoms with Crippen LogP contribution in [-0.4, -0.2) is 53.6 Å². The SMILES string of the molecule is B[C@H]1C[C@H](CCP(=O)(O)O)[C@@H](OC)[C@H]1OP(=O)(O)OC(C)(C)C. The molecule has 1 saturated carbocycles. The van der Waals surface area contributed by atoms with E-state index in [0.29, 0.717) is 6.42 Å². The molecule has 0 spiro atoms. The minimum Gasteiger partial charge on any atom is -0.378 e. The predicted molar refractivity (Wildman–Crippen MR) is 88.3 cm³/mol. The number of phosphoric ester groups is 1. The summed E-state index contributed by atoms with van der Waals surface area (Å²) in [4.78, 5) is 28.0. The molecule has 0 aromatic heterocycles. The molecule has 0 aromatic carbocycles. The Labute approximate surface area is 138 Å². The largest absolute Gasteiger partial charge is 0.473 e. The smallest absolute Gasteiger partial charge is 0.378 e. The van der Waals surface area contributed by atoms with Gasteiger partial charge in [0.1, 0.15) is 7.85 Å². The van der Waals surface area contributed by atoms with Crippen LogP contribution < -0.4 is 0 Å². The van der Waals surface area contributed by atoms with Crippen LogP contribution in [0, 0.1) is 5.92 Å². The lowest BCUT2D eigenvalue weighted by molar-refractivity contribution is -0.0280. The standard InChI is InChI=1S/C12H27BO8P2/c1-12(2,3)21-23(17,18)20-11-9(13)7-8(10(11)19-4)5-6-22(14,15)16/h8-11H,5-7,13H2,1-4H3,(H,17,18)(H2,14,15,16)/t8-,9-,10+,11-/m0/s1. The monoisotopic (exact) mass is 372 g/mol. The Bertz CT molecular complexity index is 488. The fraction of sp³-hybridized carbons (Fsp3) is 1.00. The second-order valence-electron chi connectivity index (χ2n) is 7.09. The van der Waals surface area contributed by atoms with Crippen molar-refractivity contribution >= 4 is 23.3 Å². The maximum atomic E-state index is 12.1. The van der Waals surface area contributed by atoms with Gasteiger partial charge in [-0.25, -0.2) is 4.57 Å². The lowest BCUT2D eigenvalue weighted by Crippen LogP contribution is -2.32. The Hall–Kier alpha value is 0.285. The summed E-state index contributed by atoms with van der Waals surface area (Å²) in [7, 11) is -5.04. The molecular weight excluding hydrogens is 345 g/mol. The van der Waals surface area contributed by atoms with Gasteiger partial charge in [-0.15, -0.1) is 0 Å². The van der Waals surface area contributed by atoms with Crippen LogP contribution in [0.2, 0.25) is 5.82 Å². The number of phosphoric acid groups is 1. The Kier molecular flexibility index (Phi) is 7.11. The van der Waals surface area contributed by atoms with Gasteiger partial charge in [0.25, 0.3) is 0 Å². The quantitative estimate of drug-likeness (QED) is 0.452. The molecule has 0 amide bonds. The molecular formula is C12H27BO8P2. The van der Waals surface area contributed by atoms with E-state index in [1.807, 2.05) is 7.85 Å². The van der Waals surface area contributed by atoms with Gasteiger partial charge < -0.3 is 19.4 Å². The van der Waals surface area contributed by atoms with Crippen molar-refractivity contribution in [1.29, 1.82) is 0 Å². The van der Waals surface area contributed by atoms with Gasteiger partial charge in [-0.3, -0.25) is 13.6 Å². The zero-order valence-corrected chi connectivity index (χ0v) is 16.0. The van der Waals surface area contributed by atoms with Crippen LogP contribution in [0.1, 0.15) is 33.6 Å². The summed E-state index contributed by atoms with van der Waals surface area (Å²) in [6.07, 6.45) is -0.561. The normalized spacial score (nSPS) is 32.0. The summed E-state index contributed by atoms with van der Waals surface area (Å²) in [5.41, 5.74) is -0.839. The molecule has 136 valence electrons. The van der Waals surface area contributed by atoms with Gasteiger partial charge in [0.05, 0.1) is 24.0 Å². The van der Waals surface area contributed by atoms with Crippen LogP contribution in [0.4, 0.5) is 0 Å². The average Bonchev–Trinajstić information content (AvgIpc) is 2.58. The molecule has 3 N–H and O–H groups in total. The van der Waals surface area contributed by atoms with Crippen molar-refractivity contribution < 1.29 is 37.6 Å². The first-order chi connectivity index (χ1) is 10.2. The van der Waals surface area contributed by atoms with Gasteiger partial charge in [-0.1, -0.05) is 0 Å². The van der Waals surface area contributed by atoms with Gasteiger partial charge in [-0.05, 0) is 45.3 Å². The van der Waals surface area contributed by atoms with E-state index in [4.69, 9.17) is 23.6 Å². The molecule has 0 radical (unpaired) electrons. The molecule has 1 aliphatic rings. The van der Waals surface area contributed by atoms with E-state index < -0.39 is 33.2 Å². The maximum absolute atomic E-state index is 12.1. The summed E-state index contributed by atoms with van der Waals surface area (Å²) < 4.78 is 39.0. The molecule has 1 aliphatic carbocycles. The van der Waals surface area contributed by atoms with Crippen molar-refractivity contribution in [3.05, 3.63) is 0 Å². The fourth-order valence-corrected chi connectivity index (χ4v) is 5.00. The zero-order valence-electron chi connectivity index (χ0n) is 14.2. The Morgan fingerprint density at radius 2 is 1.74 bits per heavy atom. The summed E-state index contributed by atoms with van der Waals surface area (Å²) in [6.45, 7) is 4.94. The first-order valence-corrected chi connectivity index (χ1v) is 10.8. The first kappa shape index (κ1) is 21.3. The second-order valence-corrected chi connectivity index (χ2v) is 10.2. The molecule has 8 nitrogen and oxygen atoms in total. The molecule has 1 fully saturated rings. The predicted octanol–water partition coefficient (Wildman–Crippen LogP) is 1.31. The van der Waals surface area contributed by atoms with Gasteiger partial charge in [0, 0.05) is 7.11 Å². The summed E-state index contributed by atoms with van der Waals surface area (Å²) in [5.74, 6) is -0.243. The molecule has 5 atom stereocenters. The molecule has 11 heteroatoms. The lowest BCUT2D eigenvalue weighted by atomic mass is 9.83. The lowest BCUT2D eigenvalue weighted by Gasteiger charge is -2.29. The van der Waals surface area contributed by atoms with E-state index in [1.54, 1.807) is 20.8 Å². The van der Waals surface area contributed by atoms with Crippen molar-refractivity contribution in [2.45, 2.75) is 57.2 Å². The second kappa shape index (κ2) is 7.67. The summed E-state index contributed by atoms with van der Waals surface area (Å²) in [5, 5.41) is 0. The highest BCUT2D eigenvalue weighted by atomic mass is 31.2. The third-order valence-electron chi connectivity index (χ3n) is 3.73. The molecule has 0 aromatic rings. The van der Waals surface area contributed by atoms with Crippen LogP contribution >= 0.6 is 15.4 Å². The summed E-state index contributed by atoms with van der Waals surface area (Å²) >= 11 is 0. The Morgan fingerprint density at radius 1 is 1.17 bits per heavy atom. The van der Waals surface area contributed by atoms with E-state index in [-0.39, 0.29) is 24.3 Å². The molecule has 0 heterocycles. The van der Waals surface area contributed by atoms with E-state index in [0.717, 1.165) is 0 Å². The van der Waals surface area contributed by atoms with E-state index in [2.05, 4.69) is 0 Å². The zero-order chi connectivity index (χ0) is 18.1. The topological polar surface area (TPSA) is 123 Å². The van der Waals surface area contributed by atoms with Crippen molar-refractivity contribution in [1.82, 2.24) is 0 Å². The highest BCUT2D eigenvalue weighted by Crippen LogP contribution is 2.53. The first-order valence-electron chi connectivity index (χ1n) is 7.53. The van der Waals surface area contributed by atoms with E-state index in [1.165, 1.54) is 7.11 Å². The van der Waals surface area contributed by atoms with Crippen molar-refractivity contribution in [3.8, 4) is 0 Å². The van der Waals surface area contributed by atoms with Crippen LogP contribution in [0.5, 0.6) is 0 Å². The molecule has 0 aliphatic heterocycles. The van der Waals surface area contributed by atoms with E-state index >= 15 is 0 Å². The van der Waals surface area contributed by atoms with Crippen molar-refractivity contribution in [3.63, 3.8) is 0 Å². The van der Waals surface area contributed by atoms with E-state index in [9.17, 15) is 14.0 Å². The number of rotatable bonds is 7. The minimum absolute atomic E-state index is 0.0919. The van der Waals surface area contributed by atoms with Crippen molar-refractivity contribution in [2.24, 2.45) is 5.92 Å². The van der Waals surface area contributed by atoms with Crippen LogP contribution in [0.25, 0.3) is 0 Å². The molecule has 1 rings (SSSR count). The number of hydrogen-bond acceptors (Lipinski definition) is 5. The fourth-order valence-electron chi connectivity index (χ4n) is 2.97. The highest BCUT2D eigenvalue weighted by Gasteiger charge is 2.46. The highest BCUT2D eigenvalue weighted by molar-refractivity contribution is 7.51. The molecule has 23 heavy (non-hydrogen) atoms. The third-order valence-corrected chi connectivity index (χ3v) is 5.86. The van der Waals surface area contributed by atoms with Gasteiger partial charge in [0.2, 0.25) is 0 Å². The Morgan fingerprint density at radius 3 is 2.17 bits per heavy atom. The van der Waals surface area contributed by atoms with Crippen LogP contribution in [-0.2, 0) is 22.9 Å². The number of methoxy groups -OCH3 is 1. The van der Waals surface area contributed by atoms with Gasteiger partial charge >= 0.3 is 15.4 Å². The number of hydrogen-bond donors (Lipinski definition) is 3. The van der Waals surface area contributed by atoms with Gasteiger partial charge in [0.15, 0.2) is 0 Å². The van der Waals surface area contributed by atoms with Crippen LogP contribution in [0.15, 0.2) is 0 Å². The van der Waals surface area contributed by atoms with Gasteiger partial charge in [-0.2, -0.15) is 0 Å². The minimum atomic E-state index is -4.26. The molecule has 0 saturated heterocycles.